The Bertz CT molecular complexity index is 440. The fourth-order valence-corrected chi connectivity index (χ4v) is 1.46. The van der Waals surface area contributed by atoms with E-state index in [9.17, 15) is 0 Å². The van der Waals surface area contributed by atoms with Gasteiger partial charge in [-0.05, 0) is 36.8 Å². The largest absolute Gasteiger partial charge is 0.457 e. The van der Waals surface area contributed by atoms with E-state index in [1.54, 1.807) is 0 Å². The first-order chi connectivity index (χ1) is 7.75. The molecule has 0 aliphatic rings. The fraction of sp³-hybridized carbons (Fsp3) is 0.143. The molecule has 0 bridgehead atoms. The van der Waals surface area contributed by atoms with Gasteiger partial charge in [-0.2, -0.15) is 0 Å². The Balaban J connectivity index is 0.00000144. The van der Waals surface area contributed by atoms with E-state index in [-0.39, 0.29) is 18.4 Å². The number of nitrogens with two attached hydrogens (primary N) is 1. The molecule has 0 saturated heterocycles. The molecule has 3 heteroatoms. The first kappa shape index (κ1) is 13.6. The van der Waals surface area contributed by atoms with Crippen molar-refractivity contribution in [2.45, 2.75) is 13.0 Å². The molecule has 2 aromatic carbocycles. The summed E-state index contributed by atoms with van der Waals surface area (Å²) in [7, 11) is 0. The van der Waals surface area contributed by atoms with Gasteiger partial charge in [-0.1, -0.05) is 30.3 Å². The van der Waals surface area contributed by atoms with Gasteiger partial charge < -0.3 is 10.5 Å². The van der Waals surface area contributed by atoms with Gasteiger partial charge in [0.25, 0.3) is 0 Å². The van der Waals surface area contributed by atoms with E-state index < -0.39 is 0 Å². The standard InChI is InChI=1S/C14H15NO.ClH/c1-11(15)12-7-9-14(10-8-12)16-13-5-3-2-4-6-13;/h2-11H,15H2,1H3;1H/t11-;/m0./s1. The second-order valence-electron chi connectivity index (χ2n) is 3.77. The molecule has 0 aliphatic heterocycles. The molecule has 0 spiro atoms. The van der Waals surface area contributed by atoms with Crippen LogP contribution in [0.2, 0.25) is 0 Å². The molecule has 2 rings (SSSR count). The lowest BCUT2D eigenvalue weighted by Crippen LogP contribution is -2.04. The number of hydrogen-bond acceptors (Lipinski definition) is 2. The minimum absolute atomic E-state index is 0. The molecular weight excluding hydrogens is 234 g/mol. The number of para-hydroxylation sites is 1. The van der Waals surface area contributed by atoms with Gasteiger partial charge in [0.05, 0.1) is 0 Å². The van der Waals surface area contributed by atoms with E-state index >= 15 is 0 Å². The second-order valence-corrected chi connectivity index (χ2v) is 3.77. The van der Waals surface area contributed by atoms with Gasteiger partial charge >= 0.3 is 0 Å². The van der Waals surface area contributed by atoms with Gasteiger partial charge in [-0.25, -0.2) is 0 Å². The zero-order valence-corrected chi connectivity index (χ0v) is 10.5. The molecule has 90 valence electrons. The number of ether oxygens (including phenoxy) is 1. The summed E-state index contributed by atoms with van der Waals surface area (Å²) in [6, 6.07) is 17.6. The van der Waals surface area contributed by atoms with Crippen LogP contribution < -0.4 is 10.5 Å². The minimum atomic E-state index is 0. The molecule has 0 heterocycles. The first-order valence-electron chi connectivity index (χ1n) is 5.34. The number of benzene rings is 2. The number of hydrogen-bond donors (Lipinski definition) is 1. The average Bonchev–Trinajstić information content (AvgIpc) is 2.31. The molecule has 2 N–H and O–H groups in total. The van der Waals surface area contributed by atoms with Crippen LogP contribution in [0.4, 0.5) is 0 Å². The Morgan fingerprint density at radius 2 is 1.41 bits per heavy atom. The van der Waals surface area contributed by atoms with Crippen molar-refractivity contribution in [3.05, 3.63) is 60.2 Å². The lowest BCUT2D eigenvalue weighted by molar-refractivity contribution is 0.482. The van der Waals surface area contributed by atoms with Crippen LogP contribution in [0.25, 0.3) is 0 Å². The van der Waals surface area contributed by atoms with Crippen LogP contribution in [0, 0.1) is 0 Å². The van der Waals surface area contributed by atoms with E-state index in [4.69, 9.17) is 10.5 Å². The molecule has 0 aliphatic carbocycles. The van der Waals surface area contributed by atoms with Crippen molar-refractivity contribution in [3.8, 4) is 11.5 Å². The molecular formula is C14H16ClNO. The van der Waals surface area contributed by atoms with Gasteiger partial charge in [-0.3, -0.25) is 0 Å². The van der Waals surface area contributed by atoms with Gasteiger partial charge in [-0.15, -0.1) is 12.4 Å². The maximum atomic E-state index is 5.78. The molecule has 17 heavy (non-hydrogen) atoms. The van der Waals surface area contributed by atoms with Crippen LogP contribution >= 0.6 is 12.4 Å². The Hall–Kier alpha value is -1.51. The normalized spacial score (nSPS) is 11.4. The first-order valence-corrected chi connectivity index (χ1v) is 5.34. The summed E-state index contributed by atoms with van der Waals surface area (Å²) in [5, 5.41) is 0. The van der Waals surface area contributed by atoms with Gasteiger partial charge in [0.2, 0.25) is 0 Å². The Labute approximate surface area is 108 Å². The molecule has 0 radical (unpaired) electrons. The third-order valence-electron chi connectivity index (χ3n) is 2.38. The molecule has 2 aromatic rings. The third-order valence-corrected chi connectivity index (χ3v) is 2.38. The van der Waals surface area contributed by atoms with Crippen molar-refractivity contribution in [2.24, 2.45) is 5.73 Å². The SMILES string of the molecule is C[C@H](N)c1ccc(Oc2ccccc2)cc1.Cl. The van der Waals surface area contributed by atoms with E-state index in [1.165, 1.54) is 0 Å². The summed E-state index contributed by atoms with van der Waals surface area (Å²) in [5.74, 6) is 1.67. The van der Waals surface area contributed by atoms with Crippen molar-refractivity contribution in [2.75, 3.05) is 0 Å². The lowest BCUT2D eigenvalue weighted by atomic mass is 10.1. The van der Waals surface area contributed by atoms with Gasteiger partial charge in [0.15, 0.2) is 0 Å². The molecule has 0 aromatic heterocycles. The number of halogens is 1. The van der Waals surface area contributed by atoms with Crippen molar-refractivity contribution in [3.63, 3.8) is 0 Å². The summed E-state index contributed by atoms with van der Waals surface area (Å²) >= 11 is 0. The summed E-state index contributed by atoms with van der Waals surface area (Å²) in [6.45, 7) is 1.97. The van der Waals surface area contributed by atoms with Crippen LogP contribution in [0.3, 0.4) is 0 Å². The minimum Gasteiger partial charge on any atom is -0.457 e. The van der Waals surface area contributed by atoms with E-state index in [0.29, 0.717) is 0 Å². The highest BCUT2D eigenvalue weighted by Gasteiger charge is 2.00. The van der Waals surface area contributed by atoms with Gasteiger partial charge in [0.1, 0.15) is 11.5 Å². The molecule has 0 unspecified atom stereocenters. The van der Waals surface area contributed by atoms with E-state index in [1.807, 2.05) is 61.5 Å². The summed E-state index contributed by atoms with van der Waals surface area (Å²) in [5.41, 5.74) is 6.89. The number of rotatable bonds is 3. The van der Waals surface area contributed by atoms with Crippen LogP contribution in [0.1, 0.15) is 18.5 Å². The summed E-state index contributed by atoms with van der Waals surface area (Å²) < 4.78 is 5.67. The highest BCUT2D eigenvalue weighted by molar-refractivity contribution is 5.85. The maximum Gasteiger partial charge on any atom is 0.127 e. The highest BCUT2D eigenvalue weighted by Crippen LogP contribution is 2.22. The zero-order chi connectivity index (χ0) is 11.4. The van der Waals surface area contributed by atoms with Crippen LogP contribution in [0.5, 0.6) is 11.5 Å². The van der Waals surface area contributed by atoms with Crippen molar-refractivity contribution in [1.82, 2.24) is 0 Å². The zero-order valence-electron chi connectivity index (χ0n) is 9.67. The van der Waals surface area contributed by atoms with Crippen molar-refractivity contribution < 1.29 is 4.74 Å². The smallest absolute Gasteiger partial charge is 0.127 e. The lowest BCUT2D eigenvalue weighted by Gasteiger charge is -2.08. The monoisotopic (exact) mass is 249 g/mol. The Morgan fingerprint density at radius 1 is 0.882 bits per heavy atom. The quantitative estimate of drug-likeness (QED) is 0.895. The second kappa shape index (κ2) is 6.28. The molecule has 0 saturated carbocycles. The highest BCUT2D eigenvalue weighted by atomic mass is 35.5. The molecule has 0 amide bonds. The van der Waals surface area contributed by atoms with Crippen LogP contribution in [-0.4, -0.2) is 0 Å². The van der Waals surface area contributed by atoms with Crippen LogP contribution in [-0.2, 0) is 0 Å². The topological polar surface area (TPSA) is 35.2 Å². The Kier molecular flexibility index (Phi) is 5.01. The molecule has 2 nitrogen and oxygen atoms in total. The maximum absolute atomic E-state index is 5.78. The Morgan fingerprint density at radius 3 is 1.94 bits per heavy atom. The molecule has 1 atom stereocenters. The van der Waals surface area contributed by atoms with Gasteiger partial charge in [0, 0.05) is 6.04 Å². The average molecular weight is 250 g/mol. The predicted octanol–water partition coefficient (Wildman–Crippen LogP) is 3.92. The predicted molar refractivity (Wildman–Crippen MR) is 72.8 cm³/mol. The third kappa shape index (κ3) is 3.77. The fourth-order valence-electron chi connectivity index (χ4n) is 1.46. The molecule has 0 fully saturated rings. The van der Waals surface area contributed by atoms with E-state index in [0.717, 1.165) is 17.1 Å². The van der Waals surface area contributed by atoms with Crippen molar-refractivity contribution >= 4 is 12.4 Å². The summed E-state index contributed by atoms with van der Waals surface area (Å²) in [6.07, 6.45) is 0. The van der Waals surface area contributed by atoms with E-state index in [2.05, 4.69) is 0 Å². The van der Waals surface area contributed by atoms with Crippen LogP contribution in [0.15, 0.2) is 54.6 Å². The van der Waals surface area contributed by atoms with Crippen molar-refractivity contribution in [1.29, 1.82) is 0 Å². The summed E-state index contributed by atoms with van der Waals surface area (Å²) in [4.78, 5) is 0.